The van der Waals surface area contributed by atoms with Gasteiger partial charge in [-0.3, -0.25) is 14.5 Å². The van der Waals surface area contributed by atoms with Gasteiger partial charge in [-0.2, -0.15) is 0 Å². The second kappa shape index (κ2) is 9.85. The third-order valence-electron chi connectivity index (χ3n) is 4.74. The average Bonchev–Trinajstić information content (AvgIpc) is 2.73. The molecule has 0 atom stereocenters. The van der Waals surface area contributed by atoms with E-state index < -0.39 is 11.8 Å². The van der Waals surface area contributed by atoms with E-state index in [1.54, 1.807) is 36.4 Å². The highest BCUT2D eigenvalue weighted by Gasteiger charge is 2.17. The van der Waals surface area contributed by atoms with Crippen molar-refractivity contribution >= 4 is 23.2 Å². The van der Waals surface area contributed by atoms with Gasteiger partial charge >= 0.3 is 11.8 Å². The Morgan fingerprint density at radius 1 is 0.893 bits per heavy atom. The predicted molar refractivity (Wildman–Crippen MR) is 108 cm³/mol. The lowest BCUT2D eigenvalue weighted by Gasteiger charge is -2.36. The third-order valence-corrected chi connectivity index (χ3v) is 4.74. The summed E-state index contributed by atoms with van der Waals surface area (Å²) in [6.07, 6.45) is 0.779. The summed E-state index contributed by atoms with van der Waals surface area (Å²) in [6, 6.07) is 15.5. The topological polar surface area (TPSA) is 64.7 Å². The first-order chi connectivity index (χ1) is 13.6. The summed E-state index contributed by atoms with van der Waals surface area (Å²) in [5, 5.41) is 5.22. The summed E-state index contributed by atoms with van der Waals surface area (Å²) in [5.74, 6) is -1.49. The lowest BCUT2D eigenvalue weighted by Crippen LogP contribution is -2.47. The van der Waals surface area contributed by atoms with Gasteiger partial charge in [0.15, 0.2) is 0 Å². The van der Waals surface area contributed by atoms with Crippen LogP contribution in [-0.4, -0.2) is 56.0 Å². The first-order valence-electron chi connectivity index (χ1n) is 9.49. The van der Waals surface area contributed by atoms with Crippen LogP contribution in [0.5, 0.6) is 0 Å². The van der Waals surface area contributed by atoms with Gasteiger partial charge < -0.3 is 15.5 Å². The first kappa shape index (κ1) is 19.8. The van der Waals surface area contributed by atoms with Crippen molar-refractivity contribution in [2.45, 2.75) is 6.42 Å². The molecule has 148 valence electrons. The van der Waals surface area contributed by atoms with Crippen LogP contribution in [0.4, 0.5) is 15.8 Å². The summed E-state index contributed by atoms with van der Waals surface area (Å²) >= 11 is 0. The minimum atomic E-state index is -0.654. The molecule has 1 fully saturated rings. The molecule has 2 amide bonds. The van der Waals surface area contributed by atoms with Gasteiger partial charge in [-0.25, -0.2) is 4.39 Å². The molecule has 0 unspecified atom stereocenters. The minimum absolute atomic E-state index is 0.220. The maximum absolute atomic E-state index is 13.0. The Morgan fingerprint density at radius 2 is 1.57 bits per heavy atom. The van der Waals surface area contributed by atoms with Gasteiger partial charge in [-0.15, -0.1) is 0 Å². The van der Waals surface area contributed by atoms with Crippen molar-refractivity contribution in [3.63, 3.8) is 0 Å². The van der Waals surface area contributed by atoms with E-state index in [1.807, 2.05) is 6.07 Å². The Morgan fingerprint density at radius 3 is 2.25 bits per heavy atom. The number of piperazine rings is 1. The van der Waals surface area contributed by atoms with Gasteiger partial charge in [0, 0.05) is 44.1 Å². The summed E-state index contributed by atoms with van der Waals surface area (Å²) < 4.78 is 13.0. The standard InChI is InChI=1S/C21H25FN4O2/c22-17-7-9-19(10-8-17)26-15-13-25(14-16-26)12-4-11-23-20(27)21(28)24-18-5-2-1-3-6-18/h1-3,5-10H,4,11-16H2,(H,23,27)(H,24,28). The van der Waals surface area contributed by atoms with Crippen molar-refractivity contribution in [1.29, 1.82) is 0 Å². The third kappa shape index (κ3) is 5.79. The second-order valence-corrected chi connectivity index (χ2v) is 6.73. The Balaban J connectivity index is 1.31. The molecule has 0 radical (unpaired) electrons. The molecule has 2 N–H and O–H groups in total. The van der Waals surface area contributed by atoms with E-state index in [2.05, 4.69) is 20.4 Å². The molecule has 1 aliphatic rings. The maximum Gasteiger partial charge on any atom is 0.313 e. The van der Waals surface area contributed by atoms with Gasteiger partial charge in [-0.1, -0.05) is 18.2 Å². The second-order valence-electron chi connectivity index (χ2n) is 6.73. The van der Waals surface area contributed by atoms with Crippen molar-refractivity contribution in [3.05, 3.63) is 60.4 Å². The molecule has 0 aliphatic carbocycles. The molecule has 0 aromatic heterocycles. The van der Waals surface area contributed by atoms with Crippen LogP contribution >= 0.6 is 0 Å². The highest BCUT2D eigenvalue weighted by Crippen LogP contribution is 2.16. The van der Waals surface area contributed by atoms with Crippen molar-refractivity contribution in [3.8, 4) is 0 Å². The zero-order valence-electron chi connectivity index (χ0n) is 15.7. The Hall–Kier alpha value is -2.93. The molecule has 1 aliphatic heterocycles. The summed E-state index contributed by atoms with van der Waals surface area (Å²) in [4.78, 5) is 28.3. The van der Waals surface area contributed by atoms with Gasteiger partial charge in [0.2, 0.25) is 0 Å². The quantitative estimate of drug-likeness (QED) is 0.591. The Kier molecular flexibility index (Phi) is 6.97. The van der Waals surface area contributed by atoms with Crippen LogP contribution < -0.4 is 15.5 Å². The van der Waals surface area contributed by atoms with E-state index >= 15 is 0 Å². The number of nitrogens with zero attached hydrogens (tertiary/aromatic N) is 2. The fraction of sp³-hybridized carbons (Fsp3) is 0.333. The smallest absolute Gasteiger partial charge is 0.313 e. The number of carbonyl (C=O) groups is 2. The largest absolute Gasteiger partial charge is 0.369 e. The van der Waals surface area contributed by atoms with Crippen LogP contribution in [0.2, 0.25) is 0 Å². The number of benzene rings is 2. The number of nitrogens with one attached hydrogen (secondary N) is 2. The van der Waals surface area contributed by atoms with Gasteiger partial charge in [-0.05, 0) is 49.4 Å². The van der Waals surface area contributed by atoms with E-state index in [1.165, 1.54) is 12.1 Å². The van der Waals surface area contributed by atoms with Crippen LogP contribution in [0.15, 0.2) is 54.6 Å². The fourth-order valence-electron chi connectivity index (χ4n) is 3.18. The lowest BCUT2D eigenvalue weighted by atomic mass is 10.2. The Bertz CT molecular complexity index is 775. The van der Waals surface area contributed by atoms with Crippen LogP contribution in [0.25, 0.3) is 0 Å². The SMILES string of the molecule is O=C(NCCCN1CCN(c2ccc(F)cc2)CC1)C(=O)Nc1ccccc1. The first-order valence-corrected chi connectivity index (χ1v) is 9.49. The van der Waals surface area contributed by atoms with E-state index in [0.29, 0.717) is 12.2 Å². The van der Waals surface area contributed by atoms with Crippen molar-refractivity contribution in [2.75, 3.05) is 49.5 Å². The van der Waals surface area contributed by atoms with Gasteiger partial charge in [0.25, 0.3) is 0 Å². The minimum Gasteiger partial charge on any atom is -0.369 e. The molecule has 0 spiro atoms. The van der Waals surface area contributed by atoms with Gasteiger partial charge in [0.1, 0.15) is 5.82 Å². The Labute approximate surface area is 164 Å². The monoisotopic (exact) mass is 384 g/mol. The molecule has 2 aromatic rings. The number of para-hydroxylation sites is 1. The molecule has 3 rings (SSSR count). The fourth-order valence-corrected chi connectivity index (χ4v) is 3.18. The normalized spacial score (nSPS) is 14.5. The molecular formula is C21H25FN4O2. The number of rotatable bonds is 6. The average molecular weight is 384 g/mol. The number of hydrogen-bond donors (Lipinski definition) is 2. The molecule has 28 heavy (non-hydrogen) atoms. The number of amides is 2. The van der Waals surface area contributed by atoms with Crippen LogP contribution in [0.1, 0.15) is 6.42 Å². The van der Waals surface area contributed by atoms with Crippen molar-refractivity contribution in [1.82, 2.24) is 10.2 Å². The zero-order chi connectivity index (χ0) is 19.8. The van der Waals surface area contributed by atoms with E-state index in [0.717, 1.165) is 44.8 Å². The van der Waals surface area contributed by atoms with E-state index in [9.17, 15) is 14.0 Å². The zero-order valence-corrected chi connectivity index (χ0v) is 15.7. The molecule has 0 bridgehead atoms. The highest BCUT2D eigenvalue weighted by atomic mass is 19.1. The molecule has 0 saturated carbocycles. The number of hydrogen-bond acceptors (Lipinski definition) is 4. The van der Waals surface area contributed by atoms with E-state index in [-0.39, 0.29) is 5.82 Å². The predicted octanol–water partition coefficient (Wildman–Crippen LogP) is 2.09. The maximum atomic E-state index is 13.0. The molecule has 1 saturated heterocycles. The molecular weight excluding hydrogens is 359 g/mol. The molecule has 1 heterocycles. The number of anilines is 2. The summed E-state index contributed by atoms with van der Waals surface area (Å²) in [5.41, 5.74) is 1.64. The molecule has 6 nitrogen and oxygen atoms in total. The van der Waals surface area contributed by atoms with Crippen LogP contribution in [0, 0.1) is 5.82 Å². The van der Waals surface area contributed by atoms with Gasteiger partial charge in [0.05, 0.1) is 0 Å². The van der Waals surface area contributed by atoms with Crippen LogP contribution in [-0.2, 0) is 9.59 Å². The number of carbonyl (C=O) groups excluding carboxylic acids is 2. The molecule has 7 heteroatoms. The highest BCUT2D eigenvalue weighted by molar-refractivity contribution is 6.39. The van der Waals surface area contributed by atoms with Crippen molar-refractivity contribution in [2.24, 2.45) is 0 Å². The van der Waals surface area contributed by atoms with Crippen molar-refractivity contribution < 1.29 is 14.0 Å². The molecule has 2 aromatic carbocycles. The lowest BCUT2D eigenvalue weighted by molar-refractivity contribution is -0.136. The number of halogens is 1. The van der Waals surface area contributed by atoms with Crippen LogP contribution in [0.3, 0.4) is 0 Å². The summed E-state index contributed by atoms with van der Waals surface area (Å²) in [6.45, 7) is 4.92. The van der Waals surface area contributed by atoms with E-state index in [4.69, 9.17) is 0 Å². The summed E-state index contributed by atoms with van der Waals surface area (Å²) in [7, 11) is 0.